The van der Waals surface area contributed by atoms with Crippen molar-refractivity contribution in [2.45, 2.75) is 29.6 Å². The van der Waals surface area contributed by atoms with Gasteiger partial charge in [0, 0.05) is 18.1 Å². The summed E-state index contributed by atoms with van der Waals surface area (Å²) in [6.07, 6.45) is -0.764. The summed E-state index contributed by atoms with van der Waals surface area (Å²) in [5.41, 5.74) is -0.875. The van der Waals surface area contributed by atoms with Gasteiger partial charge in [0.2, 0.25) is 0 Å². The SMILES string of the molecule is COc1ccc([C@@]23Oc4cc(OC)cc(OC)c4[C@]2(O)[C@H](O)C[C@@H]3c2ccccc2)cc1. The molecule has 6 heteroatoms. The quantitative estimate of drug-likeness (QED) is 0.637. The Balaban J connectivity index is 1.80. The molecule has 2 aliphatic rings. The number of methoxy groups -OCH3 is 3. The van der Waals surface area contributed by atoms with Crippen molar-refractivity contribution < 1.29 is 29.2 Å². The lowest BCUT2D eigenvalue weighted by molar-refractivity contribution is -0.150. The number of aliphatic hydroxyl groups is 2. The van der Waals surface area contributed by atoms with Crippen LogP contribution in [0.4, 0.5) is 0 Å². The molecule has 0 radical (unpaired) electrons. The van der Waals surface area contributed by atoms with Crippen molar-refractivity contribution in [1.29, 1.82) is 0 Å². The third kappa shape index (κ3) is 2.60. The highest BCUT2D eigenvalue weighted by Crippen LogP contribution is 2.68. The Morgan fingerprint density at radius 3 is 2.19 bits per heavy atom. The summed E-state index contributed by atoms with van der Waals surface area (Å²) in [4.78, 5) is 0. The average Bonchev–Trinajstić information content (AvgIpc) is 3.24. The first-order chi connectivity index (χ1) is 15.5. The Bertz CT molecular complexity index is 1130. The number of hydrogen-bond donors (Lipinski definition) is 2. The van der Waals surface area contributed by atoms with Crippen molar-refractivity contribution in [3.63, 3.8) is 0 Å². The molecule has 3 aromatic carbocycles. The maximum atomic E-state index is 12.4. The molecule has 5 rings (SSSR count). The summed E-state index contributed by atoms with van der Waals surface area (Å²) in [7, 11) is 4.70. The van der Waals surface area contributed by atoms with Crippen molar-refractivity contribution in [3.05, 3.63) is 83.4 Å². The van der Waals surface area contributed by atoms with Gasteiger partial charge in [-0.2, -0.15) is 0 Å². The Morgan fingerprint density at radius 1 is 0.875 bits per heavy atom. The maximum absolute atomic E-state index is 12.4. The van der Waals surface area contributed by atoms with E-state index >= 15 is 0 Å². The molecule has 4 atom stereocenters. The van der Waals surface area contributed by atoms with Gasteiger partial charge in [0.25, 0.3) is 0 Å². The highest BCUT2D eigenvalue weighted by molar-refractivity contribution is 5.62. The van der Waals surface area contributed by atoms with E-state index in [0.29, 0.717) is 35.0 Å². The van der Waals surface area contributed by atoms with Crippen LogP contribution < -0.4 is 18.9 Å². The average molecular weight is 434 g/mol. The maximum Gasteiger partial charge on any atom is 0.176 e. The normalized spacial score (nSPS) is 27.9. The second-order valence-corrected chi connectivity index (χ2v) is 8.25. The zero-order valence-electron chi connectivity index (χ0n) is 18.2. The molecule has 1 heterocycles. The first-order valence-electron chi connectivity index (χ1n) is 10.5. The van der Waals surface area contributed by atoms with Crippen LogP contribution in [-0.4, -0.2) is 37.6 Å². The molecule has 3 aromatic rings. The van der Waals surface area contributed by atoms with Crippen LogP contribution in [0.25, 0.3) is 0 Å². The van der Waals surface area contributed by atoms with Crippen molar-refractivity contribution >= 4 is 0 Å². The molecule has 1 fully saturated rings. The molecule has 1 saturated carbocycles. The molecular weight excluding hydrogens is 408 g/mol. The summed E-state index contributed by atoms with van der Waals surface area (Å²) in [6, 6.07) is 20.7. The number of benzene rings is 3. The standard InChI is InChI=1S/C26H26O6/c1-29-18-11-9-17(10-12-18)26-20(16-7-5-4-6-8-16)15-23(27)25(26,28)24-21(31-3)13-19(30-2)14-22(24)32-26/h4-14,20,23,27-28H,15H2,1-3H3/t20-,23-,25-,26+/m1/s1. The lowest BCUT2D eigenvalue weighted by atomic mass is 9.71. The van der Waals surface area contributed by atoms with E-state index in [1.54, 1.807) is 26.4 Å². The molecule has 0 saturated heterocycles. The first-order valence-corrected chi connectivity index (χ1v) is 10.5. The van der Waals surface area contributed by atoms with Gasteiger partial charge in [-0.3, -0.25) is 0 Å². The van der Waals surface area contributed by atoms with Crippen LogP contribution in [0.5, 0.6) is 23.0 Å². The molecule has 166 valence electrons. The van der Waals surface area contributed by atoms with Crippen LogP contribution in [0, 0.1) is 0 Å². The van der Waals surface area contributed by atoms with Crippen LogP contribution in [0.15, 0.2) is 66.7 Å². The monoisotopic (exact) mass is 434 g/mol. The lowest BCUT2D eigenvalue weighted by Crippen LogP contribution is -2.52. The summed E-state index contributed by atoms with van der Waals surface area (Å²) >= 11 is 0. The van der Waals surface area contributed by atoms with E-state index in [2.05, 4.69) is 0 Å². The Labute approximate surface area is 186 Å². The second kappa shape index (κ2) is 7.43. The fraction of sp³-hybridized carbons (Fsp3) is 0.308. The van der Waals surface area contributed by atoms with Gasteiger partial charge in [-0.05, 0) is 29.7 Å². The highest BCUT2D eigenvalue weighted by atomic mass is 16.5. The minimum atomic E-state index is -1.74. The number of rotatable bonds is 5. The zero-order valence-corrected chi connectivity index (χ0v) is 18.2. The molecule has 6 nitrogen and oxygen atoms in total. The van der Waals surface area contributed by atoms with Gasteiger partial charge in [0.05, 0.1) is 33.0 Å². The van der Waals surface area contributed by atoms with Crippen LogP contribution in [0.3, 0.4) is 0 Å². The zero-order chi connectivity index (χ0) is 22.5. The summed E-state index contributed by atoms with van der Waals surface area (Å²) in [5, 5.41) is 23.7. The van der Waals surface area contributed by atoms with E-state index in [9.17, 15) is 10.2 Å². The smallest absolute Gasteiger partial charge is 0.176 e. The van der Waals surface area contributed by atoms with Crippen molar-refractivity contribution in [3.8, 4) is 23.0 Å². The molecule has 0 spiro atoms. The second-order valence-electron chi connectivity index (χ2n) is 8.25. The van der Waals surface area contributed by atoms with E-state index in [1.165, 1.54) is 7.11 Å². The van der Waals surface area contributed by atoms with Crippen molar-refractivity contribution in [2.24, 2.45) is 0 Å². The van der Waals surface area contributed by atoms with Gasteiger partial charge in [-0.25, -0.2) is 0 Å². The van der Waals surface area contributed by atoms with Gasteiger partial charge >= 0.3 is 0 Å². The fourth-order valence-corrected chi connectivity index (χ4v) is 5.42. The predicted octanol–water partition coefficient (Wildman–Crippen LogP) is 3.74. The molecule has 0 unspecified atom stereocenters. The third-order valence-electron chi connectivity index (χ3n) is 6.87. The van der Waals surface area contributed by atoms with Crippen molar-refractivity contribution in [2.75, 3.05) is 21.3 Å². The molecule has 0 aromatic heterocycles. The number of ether oxygens (including phenoxy) is 4. The van der Waals surface area contributed by atoms with Crippen LogP contribution in [0.2, 0.25) is 0 Å². The first kappa shape index (κ1) is 20.7. The minimum Gasteiger partial charge on any atom is -0.497 e. The van der Waals surface area contributed by atoms with Gasteiger partial charge < -0.3 is 29.2 Å². The molecule has 32 heavy (non-hydrogen) atoms. The highest BCUT2D eigenvalue weighted by Gasteiger charge is 2.73. The van der Waals surface area contributed by atoms with Gasteiger partial charge in [-0.1, -0.05) is 42.5 Å². The number of aliphatic hydroxyl groups excluding tert-OH is 1. The minimum absolute atomic E-state index is 0.319. The van der Waals surface area contributed by atoms with E-state index in [0.717, 1.165) is 11.1 Å². The largest absolute Gasteiger partial charge is 0.497 e. The van der Waals surface area contributed by atoms with Crippen LogP contribution >= 0.6 is 0 Å². The van der Waals surface area contributed by atoms with E-state index in [4.69, 9.17) is 18.9 Å². The molecule has 1 aliphatic carbocycles. The van der Waals surface area contributed by atoms with E-state index in [1.807, 2.05) is 54.6 Å². The summed E-state index contributed by atoms with van der Waals surface area (Å²) < 4.78 is 23.1. The third-order valence-corrected chi connectivity index (χ3v) is 6.87. The Hall–Kier alpha value is -3.22. The van der Waals surface area contributed by atoms with Gasteiger partial charge in [0.1, 0.15) is 23.0 Å². The van der Waals surface area contributed by atoms with Gasteiger partial charge in [-0.15, -0.1) is 0 Å². The molecule has 1 aliphatic heterocycles. The van der Waals surface area contributed by atoms with Gasteiger partial charge in [0.15, 0.2) is 11.2 Å². The summed E-state index contributed by atoms with van der Waals surface area (Å²) in [5.74, 6) is 1.75. The fourth-order valence-electron chi connectivity index (χ4n) is 5.42. The summed E-state index contributed by atoms with van der Waals surface area (Å²) in [6.45, 7) is 0. The number of fused-ring (bicyclic) bond motifs is 3. The van der Waals surface area contributed by atoms with Crippen LogP contribution in [0.1, 0.15) is 29.0 Å². The lowest BCUT2D eigenvalue weighted by Gasteiger charge is -2.40. The topological polar surface area (TPSA) is 77.4 Å². The Kier molecular flexibility index (Phi) is 4.80. The number of hydrogen-bond acceptors (Lipinski definition) is 6. The van der Waals surface area contributed by atoms with E-state index in [-0.39, 0.29) is 5.92 Å². The van der Waals surface area contributed by atoms with Crippen molar-refractivity contribution in [1.82, 2.24) is 0 Å². The molecular formula is C26H26O6. The molecule has 0 bridgehead atoms. The van der Waals surface area contributed by atoms with E-state index < -0.39 is 17.3 Å². The van der Waals surface area contributed by atoms with Crippen LogP contribution in [-0.2, 0) is 11.2 Å². The molecule has 2 N–H and O–H groups in total. The predicted molar refractivity (Wildman–Crippen MR) is 119 cm³/mol. The molecule has 0 amide bonds. The Morgan fingerprint density at radius 2 is 1.56 bits per heavy atom.